The Bertz CT molecular complexity index is 286. The van der Waals surface area contributed by atoms with E-state index >= 15 is 0 Å². The summed E-state index contributed by atoms with van der Waals surface area (Å²) < 4.78 is 0. The highest BCUT2D eigenvalue weighted by molar-refractivity contribution is 8.14. The number of nitrogens with one attached hydrogen (secondary N) is 2. The van der Waals surface area contributed by atoms with Gasteiger partial charge in [-0.1, -0.05) is 11.8 Å². The van der Waals surface area contributed by atoms with E-state index in [9.17, 15) is 9.59 Å². The highest BCUT2D eigenvalue weighted by Crippen LogP contribution is 2.31. The lowest BCUT2D eigenvalue weighted by Crippen LogP contribution is -2.47. The van der Waals surface area contributed by atoms with Gasteiger partial charge < -0.3 is 16.4 Å². The van der Waals surface area contributed by atoms with Gasteiger partial charge in [0.2, 0.25) is 5.91 Å². The van der Waals surface area contributed by atoms with Crippen molar-refractivity contribution < 1.29 is 9.59 Å². The predicted octanol–water partition coefficient (Wildman–Crippen LogP) is 0.0867. The fourth-order valence-corrected chi connectivity index (χ4v) is 2.34. The average Bonchev–Trinajstić information content (AvgIpc) is 2.97. The third-order valence-corrected chi connectivity index (χ3v) is 3.61. The molecule has 1 unspecified atom stereocenters. The van der Waals surface area contributed by atoms with E-state index in [-0.39, 0.29) is 35.6 Å². The molecule has 2 fully saturated rings. The fraction of sp³-hybridized carbons (Fsp3) is 0.778. The Balaban J connectivity index is 0.00000128. The van der Waals surface area contributed by atoms with Gasteiger partial charge in [0.05, 0.1) is 0 Å². The first kappa shape index (κ1) is 13.6. The number of nitrogens with two attached hydrogens (primary N) is 1. The second kappa shape index (κ2) is 5.75. The first-order valence-corrected chi connectivity index (χ1v) is 6.12. The first-order chi connectivity index (χ1) is 7.16. The number of rotatable bonds is 4. The first-order valence-electron chi connectivity index (χ1n) is 5.13. The lowest BCUT2D eigenvalue weighted by molar-refractivity contribution is -0.122. The van der Waals surface area contributed by atoms with Gasteiger partial charge in [-0.25, -0.2) is 0 Å². The van der Waals surface area contributed by atoms with Crippen molar-refractivity contribution in [2.75, 3.05) is 12.3 Å². The van der Waals surface area contributed by atoms with Gasteiger partial charge in [0, 0.05) is 18.3 Å². The number of carbonyl (C=O) groups is 2. The Kier molecular flexibility index (Phi) is 4.89. The maximum absolute atomic E-state index is 11.5. The molecule has 1 aliphatic heterocycles. The van der Waals surface area contributed by atoms with Crippen molar-refractivity contribution in [3.63, 3.8) is 0 Å². The maximum Gasteiger partial charge on any atom is 0.279 e. The number of hydrogen-bond acceptors (Lipinski definition) is 4. The van der Waals surface area contributed by atoms with Crippen molar-refractivity contribution in [3.8, 4) is 0 Å². The summed E-state index contributed by atoms with van der Waals surface area (Å²) in [6, 6.07) is -0.312. The molecule has 0 radical (unpaired) electrons. The maximum atomic E-state index is 11.5. The zero-order valence-corrected chi connectivity index (χ0v) is 10.4. The highest BCUT2D eigenvalue weighted by atomic mass is 35.5. The number of thioether (sulfide) groups is 1. The normalized spacial score (nSPS) is 25.6. The summed E-state index contributed by atoms with van der Waals surface area (Å²) in [6.07, 6.45) is 2.35. The Morgan fingerprint density at radius 2 is 2.31 bits per heavy atom. The molecule has 92 valence electrons. The average molecular weight is 266 g/mol. The predicted molar refractivity (Wildman–Crippen MR) is 65.7 cm³/mol. The van der Waals surface area contributed by atoms with Crippen molar-refractivity contribution in [1.29, 1.82) is 0 Å². The van der Waals surface area contributed by atoms with E-state index in [1.807, 2.05) is 0 Å². The minimum absolute atomic E-state index is 0. The Labute approximate surface area is 105 Å². The van der Waals surface area contributed by atoms with Crippen LogP contribution in [0.1, 0.15) is 12.8 Å². The van der Waals surface area contributed by atoms with Gasteiger partial charge in [0.15, 0.2) is 0 Å². The third-order valence-electron chi connectivity index (χ3n) is 2.73. The van der Waals surface area contributed by atoms with Gasteiger partial charge in [0.25, 0.3) is 5.24 Å². The summed E-state index contributed by atoms with van der Waals surface area (Å²) >= 11 is 1.14. The standard InChI is InChI=1S/C9H15N3O2S.ClH/c10-6(5-1-2-5)3-11-8(13)7-4-15-9(14)12-7;/h5-7H,1-4,10H2,(H,11,13)(H,12,14);1H/t6?,7-;/m0./s1. The van der Waals surface area contributed by atoms with Crippen LogP contribution in [0.25, 0.3) is 0 Å². The molecule has 0 spiro atoms. The second-order valence-electron chi connectivity index (χ2n) is 4.04. The SMILES string of the molecule is Cl.NC(CNC(=O)[C@@H]1CSC(=O)N1)C1CC1. The Morgan fingerprint density at radius 1 is 1.62 bits per heavy atom. The van der Waals surface area contributed by atoms with Gasteiger partial charge in [-0.2, -0.15) is 0 Å². The summed E-state index contributed by atoms with van der Waals surface area (Å²) in [5.74, 6) is 0.978. The van der Waals surface area contributed by atoms with E-state index in [1.54, 1.807) is 0 Å². The van der Waals surface area contributed by atoms with E-state index in [2.05, 4.69) is 10.6 Å². The monoisotopic (exact) mass is 265 g/mol. The van der Waals surface area contributed by atoms with E-state index in [1.165, 1.54) is 12.8 Å². The molecule has 5 nitrogen and oxygen atoms in total. The van der Waals surface area contributed by atoms with Crippen LogP contribution >= 0.6 is 24.2 Å². The summed E-state index contributed by atoms with van der Waals surface area (Å²) in [5.41, 5.74) is 5.85. The van der Waals surface area contributed by atoms with E-state index < -0.39 is 0 Å². The minimum Gasteiger partial charge on any atom is -0.353 e. The van der Waals surface area contributed by atoms with Crippen LogP contribution in [0.3, 0.4) is 0 Å². The number of hydrogen-bond donors (Lipinski definition) is 3. The minimum atomic E-state index is -0.381. The summed E-state index contributed by atoms with van der Waals surface area (Å²) in [7, 11) is 0. The second-order valence-corrected chi connectivity index (χ2v) is 5.03. The molecule has 2 aliphatic rings. The summed E-state index contributed by atoms with van der Waals surface area (Å²) in [4.78, 5) is 22.4. The molecule has 2 rings (SSSR count). The van der Waals surface area contributed by atoms with Crippen molar-refractivity contribution in [2.24, 2.45) is 11.7 Å². The lowest BCUT2D eigenvalue weighted by Gasteiger charge is -2.14. The molecule has 0 aromatic rings. The van der Waals surface area contributed by atoms with Gasteiger partial charge in [-0.15, -0.1) is 12.4 Å². The van der Waals surface area contributed by atoms with Crippen LogP contribution in [-0.2, 0) is 4.79 Å². The Hall–Kier alpha value is -0.460. The van der Waals surface area contributed by atoms with Crippen LogP contribution in [-0.4, -0.2) is 35.5 Å². The van der Waals surface area contributed by atoms with Crippen molar-refractivity contribution in [2.45, 2.75) is 24.9 Å². The van der Waals surface area contributed by atoms with Crippen LogP contribution in [0, 0.1) is 5.92 Å². The molecule has 2 amide bonds. The number of halogens is 1. The molecule has 4 N–H and O–H groups in total. The molecule has 1 saturated carbocycles. The number of amides is 2. The smallest absolute Gasteiger partial charge is 0.279 e. The molecule has 2 atom stereocenters. The van der Waals surface area contributed by atoms with Gasteiger partial charge in [0.1, 0.15) is 6.04 Å². The van der Waals surface area contributed by atoms with Crippen LogP contribution < -0.4 is 16.4 Å². The van der Waals surface area contributed by atoms with Crippen molar-refractivity contribution in [1.82, 2.24) is 10.6 Å². The van der Waals surface area contributed by atoms with Crippen LogP contribution in [0.15, 0.2) is 0 Å². The molecule has 1 heterocycles. The van der Waals surface area contributed by atoms with Crippen LogP contribution in [0.4, 0.5) is 4.79 Å². The molecular formula is C9H16ClN3O2S. The van der Waals surface area contributed by atoms with Crippen LogP contribution in [0.5, 0.6) is 0 Å². The molecular weight excluding hydrogens is 250 g/mol. The summed E-state index contributed by atoms with van der Waals surface area (Å²) in [5, 5.41) is 5.24. The highest BCUT2D eigenvalue weighted by Gasteiger charge is 2.31. The molecule has 16 heavy (non-hydrogen) atoms. The molecule has 1 aliphatic carbocycles. The fourth-order valence-electron chi connectivity index (χ4n) is 1.56. The van der Waals surface area contributed by atoms with Gasteiger partial charge in [-0.05, 0) is 18.8 Å². The summed E-state index contributed by atoms with van der Waals surface area (Å²) in [6.45, 7) is 0.514. The van der Waals surface area contributed by atoms with E-state index in [0.717, 1.165) is 11.8 Å². The molecule has 1 saturated heterocycles. The molecule has 0 bridgehead atoms. The largest absolute Gasteiger partial charge is 0.353 e. The zero-order valence-electron chi connectivity index (χ0n) is 8.77. The van der Waals surface area contributed by atoms with Gasteiger partial charge in [-0.3, -0.25) is 9.59 Å². The van der Waals surface area contributed by atoms with Crippen molar-refractivity contribution >= 4 is 35.3 Å². The molecule has 7 heteroatoms. The zero-order chi connectivity index (χ0) is 10.8. The Morgan fingerprint density at radius 3 is 2.81 bits per heavy atom. The topological polar surface area (TPSA) is 84.2 Å². The number of carbonyl (C=O) groups excluding carboxylic acids is 2. The van der Waals surface area contributed by atoms with E-state index in [4.69, 9.17) is 5.73 Å². The quantitative estimate of drug-likeness (QED) is 0.673. The lowest BCUT2D eigenvalue weighted by atomic mass is 10.2. The van der Waals surface area contributed by atoms with Crippen molar-refractivity contribution in [3.05, 3.63) is 0 Å². The molecule has 0 aromatic carbocycles. The van der Waals surface area contributed by atoms with E-state index in [0.29, 0.717) is 18.2 Å². The van der Waals surface area contributed by atoms with Crippen LogP contribution in [0.2, 0.25) is 0 Å². The van der Waals surface area contributed by atoms with Gasteiger partial charge >= 0.3 is 0 Å². The molecule has 0 aromatic heterocycles. The third kappa shape index (κ3) is 3.54.